The van der Waals surface area contributed by atoms with Crippen LogP contribution in [0.5, 0.6) is 0 Å². The maximum Gasteiger partial charge on any atom is 0.175 e. The molecule has 0 saturated heterocycles. The highest BCUT2D eigenvalue weighted by Crippen LogP contribution is 2.24. The number of rotatable bonds is 6. The van der Waals surface area contributed by atoms with Crippen molar-refractivity contribution in [1.82, 2.24) is 5.32 Å². The Kier molecular flexibility index (Phi) is 3.67. The molecule has 1 unspecified atom stereocenters. The van der Waals surface area contributed by atoms with Gasteiger partial charge in [-0.1, -0.05) is 0 Å². The molecule has 1 atom stereocenters. The van der Waals surface area contributed by atoms with Crippen molar-refractivity contribution in [2.24, 2.45) is 5.73 Å². The van der Waals surface area contributed by atoms with Crippen LogP contribution >= 0.6 is 0 Å². The average molecular weight is 188 g/mol. The molecule has 0 aromatic heterocycles. The highest BCUT2D eigenvalue weighted by atomic mass is 16.7. The van der Waals surface area contributed by atoms with Crippen LogP contribution in [-0.4, -0.2) is 38.6 Å². The third-order valence-corrected chi connectivity index (χ3v) is 2.48. The van der Waals surface area contributed by atoms with Gasteiger partial charge in [0.05, 0.1) is 5.54 Å². The maximum atomic E-state index is 5.71. The molecule has 1 aliphatic carbocycles. The highest BCUT2D eigenvalue weighted by Gasteiger charge is 2.38. The lowest BCUT2D eigenvalue weighted by molar-refractivity contribution is -0.149. The summed E-state index contributed by atoms with van der Waals surface area (Å²) in [4.78, 5) is 0. The number of nitrogens with one attached hydrogen (secondary N) is 1. The Morgan fingerprint density at radius 1 is 1.46 bits per heavy atom. The lowest BCUT2D eigenvalue weighted by Gasteiger charge is -2.35. The normalized spacial score (nSPS) is 21.9. The predicted molar refractivity (Wildman–Crippen MR) is 51.4 cm³/mol. The number of hydrogen-bond donors (Lipinski definition) is 2. The van der Waals surface area contributed by atoms with Crippen LogP contribution in [0.4, 0.5) is 0 Å². The second-order valence-corrected chi connectivity index (χ2v) is 3.84. The summed E-state index contributed by atoms with van der Waals surface area (Å²) in [5, 5.41) is 3.44. The molecule has 1 rings (SSSR count). The first-order chi connectivity index (χ1) is 6.16. The first-order valence-electron chi connectivity index (χ1n) is 4.69. The molecule has 4 heteroatoms. The van der Waals surface area contributed by atoms with Crippen molar-refractivity contribution in [3.8, 4) is 0 Å². The minimum Gasteiger partial charge on any atom is -0.354 e. The van der Waals surface area contributed by atoms with Crippen LogP contribution in [0.1, 0.15) is 19.8 Å². The zero-order valence-electron chi connectivity index (χ0n) is 8.67. The molecule has 0 bridgehead atoms. The summed E-state index contributed by atoms with van der Waals surface area (Å²) in [6.07, 6.45) is 2.18. The molecule has 0 aromatic rings. The Morgan fingerprint density at radius 2 is 2.00 bits per heavy atom. The number of ether oxygens (including phenoxy) is 2. The number of nitrogens with two attached hydrogens (primary N) is 1. The van der Waals surface area contributed by atoms with Crippen LogP contribution in [0.3, 0.4) is 0 Å². The van der Waals surface area contributed by atoms with E-state index in [4.69, 9.17) is 15.2 Å². The van der Waals surface area contributed by atoms with Gasteiger partial charge in [0.25, 0.3) is 0 Å². The van der Waals surface area contributed by atoms with Crippen LogP contribution in [-0.2, 0) is 9.47 Å². The smallest absolute Gasteiger partial charge is 0.175 e. The molecular weight excluding hydrogens is 168 g/mol. The van der Waals surface area contributed by atoms with Gasteiger partial charge in [0.2, 0.25) is 0 Å². The first kappa shape index (κ1) is 10.9. The van der Waals surface area contributed by atoms with Crippen LogP contribution in [0.25, 0.3) is 0 Å². The third-order valence-electron chi connectivity index (χ3n) is 2.48. The van der Waals surface area contributed by atoms with Gasteiger partial charge >= 0.3 is 0 Å². The van der Waals surface area contributed by atoms with Gasteiger partial charge in [0.15, 0.2) is 6.29 Å². The SMILES string of the molecule is COC(OC)C(C)(CN)NC1CC1. The van der Waals surface area contributed by atoms with Gasteiger partial charge in [0, 0.05) is 26.8 Å². The minimum absolute atomic E-state index is 0.273. The quantitative estimate of drug-likeness (QED) is 0.579. The molecule has 0 heterocycles. The third kappa shape index (κ3) is 2.64. The maximum absolute atomic E-state index is 5.71. The summed E-state index contributed by atoms with van der Waals surface area (Å²) in [5.74, 6) is 0. The number of hydrogen-bond acceptors (Lipinski definition) is 4. The van der Waals surface area contributed by atoms with Crippen LogP contribution in [0, 0.1) is 0 Å². The van der Waals surface area contributed by atoms with E-state index in [1.54, 1.807) is 14.2 Å². The lowest BCUT2D eigenvalue weighted by Crippen LogP contribution is -2.59. The molecule has 0 radical (unpaired) electrons. The fraction of sp³-hybridized carbons (Fsp3) is 1.00. The largest absolute Gasteiger partial charge is 0.354 e. The molecule has 0 spiro atoms. The second-order valence-electron chi connectivity index (χ2n) is 3.84. The van der Waals surface area contributed by atoms with E-state index < -0.39 is 0 Å². The van der Waals surface area contributed by atoms with E-state index in [1.807, 2.05) is 6.92 Å². The van der Waals surface area contributed by atoms with Crippen molar-refractivity contribution in [1.29, 1.82) is 0 Å². The summed E-state index contributed by atoms with van der Waals surface area (Å²) in [7, 11) is 3.27. The predicted octanol–water partition coefficient (Wildman–Crippen LogP) is 0.0747. The molecular formula is C9H20N2O2. The van der Waals surface area contributed by atoms with Crippen LogP contribution < -0.4 is 11.1 Å². The van der Waals surface area contributed by atoms with E-state index in [0.29, 0.717) is 12.6 Å². The zero-order valence-corrected chi connectivity index (χ0v) is 8.67. The van der Waals surface area contributed by atoms with Crippen molar-refractivity contribution in [2.45, 2.75) is 37.6 Å². The van der Waals surface area contributed by atoms with E-state index in [9.17, 15) is 0 Å². The number of methoxy groups -OCH3 is 2. The summed E-state index contributed by atoms with van der Waals surface area (Å²) in [6.45, 7) is 2.54. The molecule has 0 aliphatic heterocycles. The molecule has 13 heavy (non-hydrogen) atoms. The summed E-state index contributed by atoms with van der Waals surface area (Å²) < 4.78 is 10.4. The Labute approximate surface area is 79.8 Å². The van der Waals surface area contributed by atoms with Crippen molar-refractivity contribution in [3.05, 3.63) is 0 Å². The van der Waals surface area contributed by atoms with E-state index in [-0.39, 0.29) is 11.8 Å². The van der Waals surface area contributed by atoms with E-state index in [2.05, 4.69) is 5.32 Å². The minimum atomic E-state index is -0.280. The fourth-order valence-electron chi connectivity index (χ4n) is 1.53. The van der Waals surface area contributed by atoms with Crippen molar-refractivity contribution in [2.75, 3.05) is 20.8 Å². The summed E-state index contributed by atoms with van der Waals surface area (Å²) in [6, 6.07) is 0.598. The van der Waals surface area contributed by atoms with Gasteiger partial charge in [-0.05, 0) is 19.8 Å². The molecule has 3 N–H and O–H groups in total. The highest BCUT2D eigenvalue weighted by molar-refractivity contribution is 4.95. The summed E-state index contributed by atoms with van der Waals surface area (Å²) >= 11 is 0. The molecule has 1 fully saturated rings. The van der Waals surface area contributed by atoms with Gasteiger partial charge in [-0.2, -0.15) is 0 Å². The molecule has 0 aromatic carbocycles. The van der Waals surface area contributed by atoms with Crippen molar-refractivity contribution >= 4 is 0 Å². The zero-order chi connectivity index (χ0) is 9.90. The second kappa shape index (κ2) is 4.37. The van der Waals surface area contributed by atoms with E-state index in [0.717, 1.165) is 0 Å². The molecule has 4 nitrogen and oxygen atoms in total. The topological polar surface area (TPSA) is 56.5 Å². The fourth-order valence-corrected chi connectivity index (χ4v) is 1.53. The standard InChI is InChI=1S/C9H20N2O2/c1-9(6-10,8(12-2)13-3)11-7-4-5-7/h7-8,11H,4-6,10H2,1-3H3. The van der Waals surface area contributed by atoms with E-state index in [1.165, 1.54) is 12.8 Å². The molecule has 0 amide bonds. The van der Waals surface area contributed by atoms with Gasteiger partial charge in [-0.3, -0.25) is 0 Å². The van der Waals surface area contributed by atoms with Gasteiger partial charge in [-0.25, -0.2) is 0 Å². The van der Waals surface area contributed by atoms with Crippen molar-refractivity contribution < 1.29 is 9.47 Å². The van der Waals surface area contributed by atoms with Crippen LogP contribution in [0.2, 0.25) is 0 Å². The van der Waals surface area contributed by atoms with Gasteiger partial charge < -0.3 is 20.5 Å². The average Bonchev–Trinajstić information content (AvgIpc) is 2.90. The summed E-state index contributed by atoms with van der Waals surface area (Å²) in [5.41, 5.74) is 5.44. The lowest BCUT2D eigenvalue weighted by atomic mass is 10.0. The molecule has 1 saturated carbocycles. The van der Waals surface area contributed by atoms with E-state index >= 15 is 0 Å². The van der Waals surface area contributed by atoms with Gasteiger partial charge in [-0.15, -0.1) is 0 Å². The Bertz CT molecular complexity index is 158. The molecule has 1 aliphatic rings. The Hall–Kier alpha value is -0.160. The Balaban J connectivity index is 2.52. The Morgan fingerprint density at radius 3 is 2.31 bits per heavy atom. The monoisotopic (exact) mass is 188 g/mol. The van der Waals surface area contributed by atoms with Crippen molar-refractivity contribution in [3.63, 3.8) is 0 Å². The molecule has 78 valence electrons. The van der Waals surface area contributed by atoms with Crippen LogP contribution in [0.15, 0.2) is 0 Å². The first-order valence-corrected chi connectivity index (χ1v) is 4.69. The van der Waals surface area contributed by atoms with Gasteiger partial charge in [0.1, 0.15) is 0 Å².